The number of pyridine rings is 1. The number of hydrogen-bond acceptors (Lipinski definition) is 4. The third kappa shape index (κ3) is 3.47. The van der Waals surface area contributed by atoms with Crippen molar-refractivity contribution in [3.8, 4) is 0 Å². The number of nitrogens with zero attached hydrogens (tertiary/aromatic N) is 4. The molecule has 7 heteroatoms. The summed E-state index contributed by atoms with van der Waals surface area (Å²) in [5, 5.41) is 22.3. The average Bonchev–Trinajstić information content (AvgIpc) is 2.28. The minimum atomic E-state index is -1.29. The van der Waals surface area contributed by atoms with Crippen LogP contribution in [0.25, 0.3) is 10.4 Å². The zero-order chi connectivity index (χ0) is 12.0. The first-order valence-corrected chi connectivity index (χ1v) is 4.64. The quantitative estimate of drug-likeness (QED) is 0.342. The van der Waals surface area contributed by atoms with E-state index in [9.17, 15) is 14.6 Å². The van der Waals surface area contributed by atoms with Crippen LogP contribution in [0.2, 0.25) is 0 Å². The van der Waals surface area contributed by atoms with E-state index >= 15 is 0 Å². The lowest BCUT2D eigenvalue weighted by molar-refractivity contribution is 0.0121. The standard InChI is InChI=1S/C9H11FN4O2/c10-8-3-1-2-6(13-8)9(16)7(15)4-5-12-14-11/h1-3,7,9,15-16H,4-5H2. The molecular weight excluding hydrogens is 215 g/mol. The highest BCUT2D eigenvalue weighted by molar-refractivity contribution is 5.08. The second kappa shape index (κ2) is 6.02. The van der Waals surface area contributed by atoms with Crippen molar-refractivity contribution in [2.45, 2.75) is 18.6 Å². The Labute approximate surface area is 91.0 Å². The molecule has 2 atom stereocenters. The van der Waals surface area contributed by atoms with Crippen molar-refractivity contribution < 1.29 is 14.6 Å². The van der Waals surface area contributed by atoms with E-state index in [-0.39, 0.29) is 18.7 Å². The van der Waals surface area contributed by atoms with Gasteiger partial charge in [0, 0.05) is 11.5 Å². The summed E-state index contributed by atoms with van der Waals surface area (Å²) < 4.78 is 12.7. The molecule has 86 valence electrons. The van der Waals surface area contributed by atoms with Gasteiger partial charge in [0.15, 0.2) is 0 Å². The summed E-state index contributed by atoms with van der Waals surface area (Å²) in [6, 6.07) is 3.94. The summed E-state index contributed by atoms with van der Waals surface area (Å²) in [6.45, 7) is 0.0596. The van der Waals surface area contributed by atoms with Gasteiger partial charge in [-0.2, -0.15) is 4.39 Å². The smallest absolute Gasteiger partial charge is 0.213 e. The fourth-order valence-corrected chi connectivity index (χ4v) is 1.18. The van der Waals surface area contributed by atoms with Crippen molar-refractivity contribution in [3.05, 3.63) is 40.3 Å². The normalized spacial score (nSPS) is 13.9. The Kier molecular flexibility index (Phi) is 4.65. The maximum Gasteiger partial charge on any atom is 0.213 e. The molecular formula is C9H11FN4O2. The number of halogens is 1. The van der Waals surface area contributed by atoms with Gasteiger partial charge in [-0.3, -0.25) is 0 Å². The lowest BCUT2D eigenvalue weighted by Crippen LogP contribution is -2.20. The molecule has 0 saturated carbocycles. The van der Waals surface area contributed by atoms with E-state index in [1.54, 1.807) is 0 Å². The fourth-order valence-electron chi connectivity index (χ4n) is 1.18. The zero-order valence-corrected chi connectivity index (χ0v) is 8.36. The van der Waals surface area contributed by atoms with Crippen molar-refractivity contribution in [1.82, 2.24) is 4.98 Å². The molecule has 0 amide bonds. The highest BCUT2D eigenvalue weighted by Crippen LogP contribution is 2.16. The largest absolute Gasteiger partial charge is 0.390 e. The molecule has 0 aliphatic heterocycles. The molecule has 0 aliphatic rings. The molecule has 2 unspecified atom stereocenters. The third-order valence-electron chi connectivity index (χ3n) is 1.99. The molecule has 1 aromatic heterocycles. The Morgan fingerprint density at radius 1 is 1.50 bits per heavy atom. The lowest BCUT2D eigenvalue weighted by Gasteiger charge is -2.16. The van der Waals surface area contributed by atoms with E-state index in [4.69, 9.17) is 5.53 Å². The van der Waals surface area contributed by atoms with Gasteiger partial charge in [-0.25, -0.2) is 4.98 Å². The molecule has 1 aromatic rings. The van der Waals surface area contributed by atoms with E-state index in [1.807, 2.05) is 0 Å². The predicted molar refractivity (Wildman–Crippen MR) is 53.8 cm³/mol. The molecule has 1 rings (SSSR count). The van der Waals surface area contributed by atoms with Crippen LogP contribution in [0.5, 0.6) is 0 Å². The summed E-state index contributed by atoms with van der Waals surface area (Å²) in [5.41, 5.74) is 8.07. The van der Waals surface area contributed by atoms with Crippen LogP contribution < -0.4 is 0 Å². The Balaban J connectivity index is 2.62. The van der Waals surface area contributed by atoms with Crippen molar-refractivity contribution in [2.24, 2.45) is 5.11 Å². The van der Waals surface area contributed by atoms with Gasteiger partial charge in [-0.05, 0) is 24.1 Å². The van der Waals surface area contributed by atoms with Crippen LogP contribution >= 0.6 is 0 Å². The molecule has 0 saturated heterocycles. The minimum absolute atomic E-state index is 0.0495. The number of aliphatic hydroxyl groups is 2. The van der Waals surface area contributed by atoms with Crippen LogP contribution in [0.15, 0.2) is 23.3 Å². The predicted octanol–water partition coefficient (Wildman–Crippen LogP) is 1.32. The van der Waals surface area contributed by atoms with Crippen molar-refractivity contribution in [3.63, 3.8) is 0 Å². The summed E-state index contributed by atoms with van der Waals surface area (Å²) in [6.07, 6.45) is -2.34. The molecule has 2 N–H and O–H groups in total. The minimum Gasteiger partial charge on any atom is -0.390 e. The SMILES string of the molecule is [N-]=[N+]=NCCC(O)C(O)c1cccc(F)n1. The zero-order valence-electron chi connectivity index (χ0n) is 8.36. The van der Waals surface area contributed by atoms with E-state index < -0.39 is 18.2 Å². The van der Waals surface area contributed by atoms with Gasteiger partial charge in [-0.1, -0.05) is 11.2 Å². The summed E-state index contributed by atoms with van der Waals surface area (Å²) in [5.74, 6) is -0.723. The van der Waals surface area contributed by atoms with E-state index in [1.165, 1.54) is 12.1 Å². The number of azide groups is 1. The van der Waals surface area contributed by atoms with E-state index in [0.29, 0.717) is 0 Å². The van der Waals surface area contributed by atoms with Gasteiger partial charge in [-0.15, -0.1) is 0 Å². The Hall–Kier alpha value is -1.69. The molecule has 16 heavy (non-hydrogen) atoms. The molecule has 0 fully saturated rings. The number of aliphatic hydroxyl groups excluding tert-OH is 2. The number of hydrogen-bond donors (Lipinski definition) is 2. The van der Waals surface area contributed by atoms with Crippen molar-refractivity contribution in [1.29, 1.82) is 0 Å². The monoisotopic (exact) mass is 226 g/mol. The first kappa shape index (κ1) is 12.4. The van der Waals surface area contributed by atoms with Crippen molar-refractivity contribution >= 4 is 0 Å². The van der Waals surface area contributed by atoms with Crippen LogP contribution in [0, 0.1) is 5.95 Å². The summed E-state index contributed by atoms with van der Waals surface area (Å²) in [7, 11) is 0. The van der Waals surface area contributed by atoms with Gasteiger partial charge in [0.25, 0.3) is 0 Å². The Morgan fingerprint density at radius 3 is 2.88 bits per heavy atom. The molecule has 1 heterocycles. The third-order valence-corrected chi connectivity index (χ3v) is 1.99. The molecule has 0 spiro atoms. The molecule has 0 radical (unpaired) electrons. The van der Waals surface area contributed by atoms with Gasteiger partial charge in [0.05, 0.1) is 11.8 Å². The second-order valence-electron chi connectivity index (χ2n) is 3.14. The number of aromatic nitrogens is 1. The van der Waals surface area contributed by atoms with Gasteiger partial charge < -0.3 is 10.2 Å². The van der Waals surface area contributed by atoms with E-state index in [2.05, 4.69) is 15.0 Å². The topological polar surface area (TPSA) is 102 Å². The fraction of sp³-hybridized carbons (Fsp3) is 0.444. The molecule has 0 aromatic carbocycles. The molecule has 0 aliphatic carbocycles. The Bertz CT molecular complexity index is 395. The van der Waals surface area contributed by atoms with Crippen molar-refractivity contribution in [2.75, 3.05) is 6.54 Å². The maximum atomic E-state index is 12.7. The average molecular weight is 226 g/mol. The molecule has 0 bridgehead atoms. The van der Waals surface area contributed by atoms with Gasteiger partial charge in [0.2, 0.25) is 5.95 Å². The van der Waals surface area contributed by atoms with Crippen LogP contribution in [0.3, 0.4) is 0 Å². The van der Waals surface area contributed by atoms with Gasteiger partial charge in [0.1, 0.15) is 6.10 Å². The van der Waals surface area contributed by atoms with Crippen LogP contribution in [-0.2, 0) is 0 Å². The van der Waals surface area contributed by atoms with Crippen LogP contribution in [0.4, 0.5) is 4.39 Å². The summed E-state index contributed by atoms with van der Waals surface area (Å²) >= 11 is 0. The summed E-state index contributed by atoms with van der Waals surface area (Å²) in [4.78, 5) is 5.95. The van der Waals surface area contributed by atoms with Gasteiger partial charge >= 0.3 is 0 Å². The highest BCUT2D eigenvalue weighted by Gasteiger charge is 2.19. The van der Waals surface area contributed by atoms with Crippen LogP contribution in [0.1, 0.15) is 18.2 Å². The van der Waals surface area contributed by atoms with Crippen LogP contribution in [-0.4, -0.2) is 27.8 Å². The highest BCUT2D eigenvalue weighted by atomic mass is 19.1. The first-order valence-electron chi connectivity index (χ1n) is 4.64. The lowest BCUT2D eigenvalue weighted by atomic mass is 10.1. The first-order chi connectivity index (χ1) is 7.65. The molecule has 6 nitrogen and oxygen atoms in total. The van der Waals surface area contributed by atoms with E-state index in [0.717, 1.165) is 6.07 Å². The Morgan fingerprint density at radius 2 is 2.25 bits per heavy atom. The second-order valence-corrected chi connectivity index (χ2v) is 3.14. The number of rotatable bonds is 5. The maximum absolute atomic E-state index is 12.7.